The number of rotatable bonds is 2. The molecule has 1 aromatic carbocycles. The summed E-state index contributed by atoms with van der Waals surface area (Å²) in [7, 11) is 1.65. The predicted octanol–water partition coefficient (Wildman–Crippen LogP) is 2.70. The fraction of sp³-hybridized carbons (Fsp3) is 0.0714. The summed E-state index contributed by atoms with van der Waals surface area (Å²) in [6.45, 7) is 0. The van der Waals surface area contributed by atoms with Crippen molar-refractivity contribution >= 4 is 11.2 Å². The molecule has 2 aromatic heterocycles. The normalized spacial score (nSPS) is 10.5. The van der Waals surface area contributed by atoms with Gasteiger partial charge in [-0.1, -0.05) is 0 Å². The highest BCUT2D eigenvalue weighted by molar-refractivity contribution is 5.73. The average molecular weight is 237 g/mol. The first-order valence-corrected chi connectivity index (χ1v) is 5.59. The molecule has 0 fully saturated rings. The fourth-order valence-corrected chi connectivity index (χ4v) is 1.75. The molecule has 0 radical (unpaired) electrons. The average Bonchev–Trinajstić information content (AvgIpc) is 2.47. The van der Waals surface area contributed by atoms with E-state index in [0.717, 1.165) is 22.5 Å². The van der Waals surface area contributed by atoms with Crippen molar-refractivity contribution < 1.29 is 4.74 Å². The van der Waals surface area contributed by atoms with Crippen LogP contribution in [-0.2, 0) is 0 Å². The predicted molar refractivity (Wildman–Crippen MR) is 69.3 cm³/mol. The largest absolute Gasteiger partial charge is 0.497 e. The van der Waals surface area contributed by atoms with Gasteiger partial charge < -0.3 is 4.74 Å². The molecule has 0 amide bonds. The van der Waals surface area contributed by atoms with E-state index in [1.165, 1.54) is 0 Å². The van der Waals surface area contributed by atoms with Gasteiger partial charge in [0.1, 0.15) is 11.3 Å². The number of aromatic nitrogens is 3. The first-order valence-electron chi connectivity index (χ1n) is 5.59. The maximum atomic E-state index is 5.13. The highest BCUT2D eigenvalue weighted by Gasteiger charge is 2.03. The van der Waals surface area contributed by atoms with Crippen LogP contribution in [0.1, 0.15) is 0 Å². The Morgan fingerprint density at radius 1 is 1.00 bits per heavy atom. The van der Waals surface area contributed by atoms with Crippen LogP contribution >= 0.6 is 0 Å². The molecule has 0 atom stereocenters. The van der Waals surface area contributed by atoms with Crippen molar-refractivity contribution in [3.05, 3.63) is 48.8 Å². The minimum Gasteiger partial charge on any atom is -0.497 e. The van der Waals surface area contributed by atoms with Gasteiger partial charge in [0.05, 0.1) is 19.0 Å². The van der Waals surface area contributed by atoms with Gasteiger partial charge in [-0.15, -0.1) is 0 Å². The van der Waals surface area contributed by atoms with Crippen LogP contribution in [-0.4, -0.2) is 22.1 Å². The van der Waals surface area contributed by atoms with Crippen LogP contribution < -0.4 is 4.74 Å². The topological polar surface area (TPSA) is 47.9 Å². The van der Waals surface area contributed by atoms with Gasteiger partial charge in [-0.25, -0.2) is 9.97 Å². The molecule has 0 aliphatic carbocycles. The second-order valence-corrected chi connectivity index (χ2v) is 3.83. The molecule has 4 nitrogen and oxygen atoms in total. The molecule has 0 bridgehead atoms. The standard InChI is InChI=1S/C14H11N3O/c1-18-11-6-4-10(5-7-11)13-9-16-12-3-2-8-15-14(12)17-13/h2-9H,1H3. The smallest absolute Gasteiger partial charge is 0.178 e. The van der Waals surface area contributed by atoms with E-state index < -0.39 is 0 Å². The van der Waals surface area contributed by atoms with Gasteiger partial charge in [0, 0.05) is 11.8 Å². The number of hydrogen-bond donors (Lipinski definition) is 0. The zero-order valence-corrected chi connectivity index (χ0v) is 9.87. The number of methoxy groups -OCH3 is 1. The van der Waals surface area contributed by atoms with E-state index in [-0.39, 0.29) is 0 Å². The number of pyridine rings is 1. The van der Waals surface area contributed by atoms with Gasteiger partial charge in [0.25, 0.3) is 0 Å². The highest BCUT2D eigenvalue weighted by atomic mass is 16.5. The third-order valence-electron chi connectivity index (χ3n) is 2.70. The van der Waals surface area contributed by atoms with Crippen molar-refractivity contribution in [3.63, 3.8) is 0 Å². The van der Waals surface area contributed by atoms with Crippen molar-refractivity contribution in [2.24, 2.45) is 0 Å². The van der Waals surface area contributed by atoms with Gasteiger partial charge in [-0.3, -0.25) is 4.98 Å². The Bertz CT molecular complexity index is 680. The lowest BCUT2D eigenvalue weighted by atomic mass is 10.1. The molecule has 88 valence electrons. The first-order chi connectivity index (χ1) is 8.86. The highest BCUT2D eigenvalue weighted by Crippen LogP contribution is 2.21. The Morgan fingerprint density at radius 2 is 1.83 bits per heavy atom. The molecular weight excluding hydrogens is 226 g/mol. The van der Waals surface area contributed by atoms with Crippen molar-refractivity contribution in [2.45, 2.75) is 0 Å². The van der Waals surface area contributed by atoms with Crippen LogP contribution in [0.4, 0.5) is 0 Å². The Hall–Kier alpha value is -2.49. The maximum Gasteiger partial charge on any atom is 0.178 e. The molecule has 18 heavy (non-hydrogen) atoms. The van der Waals surface area contributed by atoms with E-state index in [1.54, 1.807) is 19.5 Å². The van der Waals surface area contributed by atoms with Crippen LogP contribution in [0.25, 0.3) is 22.4 Å². The lowest BCUT2D eigenvalue weighted by Crippen LogP contribution is -1.90. The van der Waals surface area contributed by atoms with E-state index in [1.807, 2.05) is 36.4 Å². The van der Waals surface area contributed by atoms with E-state index >= 15 is 0 Å². The number of benzene rings is 1. The molecular formula is C14H11N3O. The third kappa shape index (κ3) is 1.88. The Balaban J connectivity index is 2.07. The molecule has 0 aliphatic rings. The lowest BCUT2D eigenvalue weighted by molar-refractivity contribution is 0.415. The Morgan fingerprint density at radius 3 is 2.61 bits per heavy atom. The maximum absolute atomic E-state index is 5.13. The monoisotopic (exact) mass is 237 g/mol. The number of hydrogen-bond acceptors (Lipinski definition) is 4. The molecule has 0 saturated heterocycles. The van der Waals surface area contributed by atoms with Crippen molar-refractivity contribution in [1.29, 1.82) is 0 Å². The van der Waals surface area contributed by atoms with Crippen LogP contribution in [0.3, 0.4) is 0 Å². The molecule has 0 spiro atoms. The van der Waals surface area contributed by atoms with E-state index in [4.69, 9.17) is 4.74 Å². The molecule has 4 heteroatoms. The number of fused-ring (bicyclic) bond motifs is 1. The summed E-state index contributed by atoms with van der Waals surface area (Å²) < 4.78 is 5.13. The minimum atomic E-state index is 0.658. The van der Waals surface area contributed by atoms with Crippen LogP contribution in [0.5, 0.6) is 5.75 Å². The van der Waals surface area contributed by atoms with Crippen LogP contribution in [0, 0.1) is 0 Å². The summed E-state index contributed by atoms with van der Waals surface area (Å²) in [5, 5.41) is 0. The van der Waals surface area contributed by atoms with Gasteiger partial charge in [-0.05, 0) is 36.4 Å². The molecule has 2 heterocycles. The summed E-state index contributed by atoms with van der Waals surface area (Å²) >= 11 is 0. The summed E-state index contributed by atoms with van der Waals surface area (Å²) in [4.78, 5) is 13.0. The summed E-state index contributed by atoms with van der Waals surface area (Å²) in [5.41, 5.74) is 3.26. The van der Waals surface area contributed by atoms with Crippen LogP contribution in [0.2, 0.25) is 0 Å². The Kier molecular flexibility index (Phi) is 2.61. The van der Waals surface area contributed by atoms with Gasteiger partial charge in [-0.2, -0.15) is 0 Å². The zero-order valence-electron chi connectivity index (χ0n) is 9.87. The van der Waals surface area contributed by atoms with Crippen molar-refractivity contribution in [1.82, 2.24) is 15.0 Å². The summed E-state index contributed by atoms with van der Waals surface area (Å²) in [6, 6.07) is 11.5. The van der Waals surface area contributed by atoms with Gasteiger partial charge in [0.15, 0.2) is 5.65 Å². The van der Waals surface area contributed by atoms with Gasteiger partial charge >= 0.3 is 0 Å². The molecule has 0 unspecified atom stereocenters. The zero-order chi connectivity index (χ0) is 12.4. The van der Waals surface area contributed by atoms with E-state index in [9.17, 15) is 0 Å². The molecule has 3 aromatic rings. The number of nitrogens with zero attached hydrogens (tertiary/aromatic N) is 3. The van der Waals surface area contributed by atoms with Gasteiger partial charge in [0.2, 0.25) is 0 Å². The van der Waals surface area contributed by atoms with Crippen molar-refractivity contribution in [3.8, 4) is 17.0 Å². The molecule has 3 rings (SSSR count). The second kappa shape index (κ2) is 4.41. The summed E-state index contributed by atoms with van der Waals surface area (Å²) in [5.74, 6) is 0.825. The van der Waals surface area contributed by atoms with Crippen LogP contribution in [0.15, 0.2) is 48.8 Å². The SMILES string of the molecule is COc1ccc(-c2cnc3cccnc3n2)cc1. The molecule has 0 N–H and O–H groups in total. The fourth-order valence-electron chi connectivity index (χ4n) is 1.75. The summed E-state index contributed by atoms with van der Waals surface area (Å²) in [6.07, 6.45) is 3.47. The minimum absolute atomic E-state index is 0.658. The number of ether oxygens (including phenoxy) is 1. The second-order valence-electron chi connectivity index (χ2n) is 3.83. The van der Waals surface area contributed by atoms with E-state index in [2.05, 4.69) is 15.0 Å². The first kappa shape index (κ1) is 10.7. The Labute approximate surface area is 104 Å². The lowest BCUT2D eigenvalue weighted by Gasteiger charge is -2.03. The third-order valence-corrected chi connectivity index (χ3v) is 2.70. The quantitative estimate of drug-likeness (QED) is 0.687. The molecule has 0 saturated carbocycles. The van der Waals surface area contributed by atoms with E-state index in [0.29, 0.717) is 5.65 Å². The molecule has 0 aliphatic heterocycles. The van der Waals surface area contributed by atoms with Crippen molar-refractivity contribution in [2.75, 3.05) is 7.11 Å².